The van der Waals surface area contributed by atoms with Crippen molar-refractivity contribution in [1.82, 2.24) is 14.8 Å². The smallest absolute Gasteiger partial charge is 0.351 e. The highest BCUT2D eigenvalue weighted by atomic mass is 35.5. The van der Waals surface area contributed by atoms with Gasteiger partial charge < -0.3 is 4.74 Å². The molecule has 0 N–H and O–H groups in total. The molecule has 0 amide bonds. The fourth-order valence-corrected chi connectivity index (χ4v) is 2.77. The molecule has 0 saturated carbocycles. The highest BCUT2D eigenvalue weighted by Gasteiger charge is 2.19. The average Bonchev–Trinajstić information content (AvgIpc) is 2.95. The van der Waals surface area contributed by atoms with E-state index in [1.54, 1.807) is 6.20 Å². The van der Waals surface area contributed by atoms with Gasteiger partial charge in [0.25, 0.3) is 0 Å². The summed E-state index contributed by atoms with van der Waals surface area (Å²) in [5.41, 5.74) is 0.860. The molecule has 2 rings (SSSR count). The van der Waals surface area contributed by atoms with E-state index in [-0.39, 0.29) is 5.15 Å². The Kier molecular flexibility index (Phi) is 3.98. The summed E-state index contributed by atoms with van der Waals surface area (Å²) in [5.74, 6) is -0.467. The Morgan fingerprint density at radius 3 is 3.06 bits per heavy atom. The van der Waals surface area contributed by atoms with Crippen molar-refractivity contribution in [1.29, 1.82) is 0 Å². The van der Waals surface area contributed by atoms with E-state index in [2.05, 4.69) is 21.7 Å². The lowest BCUT2D eigenvalue weighted by Gasteiger charge is -2.02. The SMILES string of the molecule is CCCn1nccc1-c1nc(Cl)c(C(=O)OC)s1. The third kappa shape index (κ3) is 2.39. The van der Waals surface area contributed by atoms with Crippen molar-refractivity contribution in [3.8, 4) is 10.7 Å². The van der Waals surface area contributed by atoms with Crippen molar-refractivity contribution in [2.75, 3.05) is 7.11 Å². The van der Waals surface area contributed by atoms with Gasteiger partial charge in [-0.15, -0.1) is 11.3 Å². The summed E-state index contributed by atoms with van der Waals surface area (Å²) in [6.45, 7) is 2.87. The molecule has 0 radical (unpaired) electrons. The molecular weight excluding hydrogens is 274 g/mol. The molecule has 0 aliphatic heterocycles. The molecule has 0 fully saturated rings. The Morgan fingerprint density at radius 2 is 2.39 bits per heavy atom. The van der Waals surface area contributed by atoms with Crippen LogP contribution in [0.15, 0.2) is 12.3 Å². The summed E-state index contributed by atoms with van der Waals surface area (Å²) in [6.07, 6.45) is 2.68. The molecule has 2 heterocycles. The Bertz CT molecular complexity index is 564. The first-order valence-electron chi connectivity index (χ1n) is 5.44. The van der Waals surface area contributed by atoms with E-state index in [0.717, 1.165) is 18.7 Å². The van der Waals surface area contributed by atoms with E-state index < -0.39 is 5.97 Å². The summed E-state index contributed by atoms with van der Waals surface area (Å²) in [5, 5.41) is 5.06. The van der Waals surface area contributed by atoms with Crippen LogP contribution in [0.2, 0.25) is 5.15 Å². The molecule has 0 aliphatic carbocycles. The summed E-state index contributed by atoms with van der Waals surface area (Å²) >= 11 is 7.15. The van der Waals surface area contributed by atoms with Crippen LogP contribution in [0.4, 0.5) is 0 Å². The molecule has 0 atom stereocenters. The zero-order chi connectivity index (χ0) is 13.1. The van der Waals surface area contributed by atoms with Gasteiger partial charge in [0.05, 0.1) is 12.8 Å². The number of esters is 1. The van der Waals surface area contributed by atoms with Crippen LogP contribution in [0, 0.1) is 0 Å². The van der Waals surface area contributed by atoms with Crippen LogP contribution in [0.25, 0.3) is 10.7 Å². The topological polar surface area (TPSA) is 57.0 Å². The van der Waals surface area contributed by atoms with Crippen LogP contribution >= 0.6 is 22.9 Å². The highest BCUT2D eigenvalue weighted by molar-refractivity contribution is 7.17. The second kappa shape index (κ2) is 5.49. The number of carbonyl (C=O) groups excluding carboxylic acids is 1. The first kappa shape index (κ1) is 13.0. The average molecular weight is 286 g/mol. The lowest BCUT2D eigenvalue weighted by atomic mass is 10.4. The van der Waals surface area contributed by atoms with Gasteiger partial charge >= 0.3 is 5.97 Å². The standard InChI is InChI=1S/C11H12ClN3O2S/c1-3-6-15-7(4-5-13-15)10-14-9(12)8(18-10)11(16)17-2/h4-5H,3,6H2,1-2H3. The predicted octanol–water partition coefficient (Wildman–Crippen LogP) is 2.86. The predicted molar refractivity (Wildman–Crippen MR) is 70.0 cm³/mol. The fourth-order valence-electron chi connectivity index (χ4n) is 1.53. The zero-order valence-corrected chi connectivity index (χ0v) is 11.6. The van der Waals surface area contributed by atoms with Gasteiger partial charge in [0, 0.05) is 12.7 Å². The van der Waals surface area contributed by atoms with E-state index in [0.29, 0.717) is 9.88 Å². The first-order valence-corrected chi connectivity index (χ1v) is 6.63. The fraction of sp³-hybridized carbons (Fsp3) is 0.364. The van der Waals surface area contributed by atoms with Crippen molar-refractivity contribution in [3.05, 3.63) is 22.3 Å². The van der Waals surface area contributed by atoms with Crippen molar-refractivity contribution in [3.63, 3.8) is 0 Å². The van der Waals surface area contributed by atoms with E-state index in [4.69, 9.17) is 11.6 Å². The minimum Gasteiger partial charge on any atom is -0.465 e. The van der Waals surface area contributed by atoms with Crippen molar-refractivity contribution in [2.24, 2.45) is 0 Å². The normalized spacial score (nSPS) is 10.6. The zero-order valence-electron chi connectivity index (χ0n) is 10.0. The number of carbonyl (C=O) groups is 1. The van der Waals surface area contributed by atoms with E-state index >= 15 is 0 Å². The molecule has 0 aliphatic rings. The van der Waals surface area contributed by atoms with Crippen LogP contribution in [-0.4, -0.2) is 27.8 Å². The molecule has 0 aromatic carbocycles. The Labute approximate surface area is 113 Å². The molecular formula is C11H12ClN3O2S. The lowest BCUT2D eigenvalue weighted by molar-refractivity contribution is 0.0606. The molecule has 7 heteroatoms. The number of aromatic nitrogens is 3. The molecule has 0 unspecified atom stereocenters. The van der Waals surface area contributed by atoms with Gasteiger partial charge in [-0.1, -0.05) is 18.5 Å². The highest BCUT2D eigenvalue weighted by Crippen LogP contribution is 2.31. The Balaban J connectivity index is 2.39. The summed E-state index contributed by atoms with van der Waals surface area (Å²) < 4.78 is 6.49. The van der Waals surface area contributed by atoms with Crippen molar-refractivity contribution >= 4 is 28.9 Å². The quantitative estimate of drug-likeness (QED) is 0.811. The lowest BCUT2D eigenvalue weighted by Crippen LogP contribution is -2.00. The second-order valence-corrected chi connectivity index (χ2v) is 4.93. The Hall–Kier alpha value is -1.40. The van der Waals surface area contributed by atoms with Gasteiger partial charge in [0.1, 0.15) is 5.01 Å². The molecule has 5 nitrogen and oxygen atoms in total. The van der Waals surface area contributed by atoms with Crippen LogP contribution in [0.3, 0.4) is 0 Å². The number of halogens is 1. The van der Waals surface area contributed by atoms with Gasteiger partial charge in [-0.2, -0.15) is 5.10 Å². The first-order chi connectivity index (χ1) is 8.67. The molecule has 0 spiro atoms. The molecule has 96 valence electrons. The maximum atomic E-state index is 11.5. The van der Waals surface area contributed by atoms with Gasteiger partial charge in [0.2, 0.25) is 0 Å². The molecule has 0 saturated heterocycles. The van der Waals surface area contributed by atoms with Gasteiger partial charge in [-0.05, 0) is 12.5 Å². The number of rotatable bonds is 4. The molecule has 0 bridgehead atoms. The molecule has 2 aromatic heterocycles. The molecule has 18 heavy (non-hydrogen) atoms. The van der Waals surface area contributed by atoms with E-state index in [1.807, 2.05) is 10.7 Å². The number of methoxy groups -OCH3 is 1. The number of nitrogens with zero attached hydrogens (tertiary/aromatic N) is 3. The van der Waals surface area contributed by atoms with Gasteiger partial charge in [0.15, 0.2) is 10.0 Å². The van der Waals surface area contributed by atoms with E-state index in [9.17, 15) is 4.79 Å². The molecule has 2 aromatic rings. The summed E-state index contributed by atoms with van der Waals surface area (Å²) in [7, 11) is 1.32. The van der Waals surface area contributed by atoms with Crippen LogP contribution < -0.4 is 0 Å². The van der Waals surface area contributed by atoms with Crippen LogP contribution in [-0.2, 0) is 11.3 Å². The number of ether oxygens (including phenoxy) is 1. The number of aryl methyl sites for hydroxylation is 1. The Morgan fingerprint density at radius 1 is 1.61 bits per heavy atom. The maximum Gasteiger partial charge on any atom is 0.351 e. The summed E-state index contributed by atoms with van der Waals surface area (Å²) in [4.78, 5) is 16.0. The van der Waals surface area contributed by atoms with Crippen molar-refractivity contribution in [2.45, 2.75) is 19.9 Å². The number of hydrogen-bond donors (Lipinski definition) is 0. The third-order valence-corrected chi connectivity index (χ3v) is 3.77. The maximum absolute atomic E-state index is 11.5. The largest absolute Gasteiger partial charge is 0.465 e. The third-order valence-electron chi connectivity index (χ3n) is 2.33. The van der Waals surface area contributed by atoms with Crippen LogP contribution in [0.5, 0.6) is 0 Å². The van der Waals surface area contributed by atoms with Gasteiger partial charge in [-0.25, -0.2) is 9.78 Å². The minimum atomic E-state index is -0.467. The van der Waals surface area contributed by atoms with E-state index in [1.165, 1.54) is 18.4 Å². The number of hydrogen-bond acceptors (Lipinski definition) is 5. The van der Waals surface area contributed by atoms with Crippen molar-refractivity contribution < 1.29 is 9.53 Å². The van der Waals surface area contributed by atoms with Gasteiger partial charge in [-0.3, -0.25) is 4.68 Å². The number of thiazole rings is 1. The van der Waals surface area contributed by atoms with Crippen LogP contribution in [0.1, 0.15) is 23.0 Å². The summed E-state index contributed by atoms with van der Waals surface area (Å²) in [6, 6.07) is 1.85. The second-order valence-electron chi connectivity index (χ2n) is 3.57. The minimum absolute atomic E-state index is 0.172. The monoisotopic (exact) mass is 285 g/mol.